The van der Waals surface area contributed by atoms with Crippen LogP contribution in [0.2, 0.25) is 0 Å². The molecule has 0 saturated heterocycles. The second-order valence-electron chi connectivity index (χ2n) is 5.96. The van der Waals surface area contributed by atoms with Crippen molar-refractivity contribution in [1.82, 2.24) is 10.3 Å². The van der Waals surface area contributed by atoms with E-state index in [0.29, 0.717) is 12.1 Å². The Morgan fingerprint density at radius 3 is 3.10 bits per heavy atom. The second-order valence-corrected chi connectivity index (χ2v) is 6.96. The van der Waals surface area contributed by atoms with E-state index >= 15 is 0 Å². The molecule has 0 spiro atoms. The Hall–Kier alpha value is -1.39. The molecule has 4 heteroatoms. The standard InChI is InChI=1S/C17H23N3S/c1-12(2)19-10-14-4-7-18-11-16(14)20-8-5-17-15(13(20)3)6-9-21-17/h4,6-7,9,11-13,19H,5,8,10H2,1-3H3. The van der Waals surface area contributed by atoms with Crippen LogP contribution < -0.4 is 10.2 Å². The molecule has 0 saturated carbocycles. The van der Waals surface area contributed by atoms with Crippen molar-refractivity contribution in [2.45, 2.75) is 45.8 Å². The van der Waals surface area contributed by atoms with Gasteiger partial charge < -0.3 is 10.2 Å². The molecular weight excluding hydrogens is 278 g/mol. The second kappa shape index (κ2) is 6.16. The molecule has 3 rings (SSSR count). The van der Waals surface area contributed by atoms with Crippen molar-refractivity contribution in [1.29, 1.82) is 0 Å². The van der Waals surface area contributed by atoms with Crippen LogP contribution in [0.1, 0.15) is 42.8 Å². The summed E-state index contributed by atoms with van der Waals surface area (Å²) in [7, 11) is 0. The number of hydrogen-bond acceptors (Lipinski definition) is 4. The maximum absolute atomic E-state index is 4.36. The number of nitrogens with zero attached hydrogens (tertiary/aromatic N) is 2. The maximum Gasteiger partial charge on any atom is 0.0603 e. The minimum absolute atomic E-state index is 0.432. The van der Waals surface area contributed by atoms with Crippen LogP contribution >= 0.6 is 11.3 Å². The van der Waals surface area contributed by atoms with E-state index in [4.69, 9.17) is 0 Å². The molecule has 1 aliphatic heterocycles. The lowest BCUT2D eigenvalue weighted by atomic mass is 10.00. The van der Waals surface area contributed by atoms with Crippen LogP contribution in [0.4, 0.5) is 5.69 Å². The van der Waals surface area contributed by atoms with Gasteiger partial charge in [0.15, 0.2) is 0 Å². The van der Waals surface area contributed by atoms with Gasteiger partial charge in [-0.1, -0.05) is 13.8 Å². The highest BCUT2D eigenvalue weighted by molar-refractivity contribution is 7.10. The van der Waals surface area contributed by atoms with Gasteiger partial charge in [-0.05, 0) is 42.0 Å². The fourth-order valence-electron chi connectivity index (χ4n) is 2.98. The van der Waals surface area contributed by atoms with Gasteiger partial charge in [-0.3, -0.25) is 4.98 Å². The predicted molar refractivity (Wildman–Crippen MR) is 90.0 cm³/mol. The van der Waals surface area contributed by atoms with Gasteiger partial charge in [0, 0.05) is 30.2 Å². The molecule has 1 atom stereocenters. The van der Waals surface area contributed by atoms with Gasteiger partial charge in [0.1, 0.15) is 0 Å². The van der Waals surface area contributed by atoms with Crippen LogP contribution in [0.3, 0.4) is 0 Å². The first-order chi connectivity index (χ1) is 10.2. The largest absolute Gasteiger partial charge is 0.363 e. The Bertz CT molecular complexity index is 606. The third-order valence-electron chi connectivity index (χ3n) is 4.18. The zero-order chi connectivity index (χ0) is 14.8. The molecule has 0 aromatic carbocycles. The van der Waals surface area contributed by atoms with Crippen LogP contribution in [0, 0.1) is 0 Å². The summed E-state index contributed by atoms with van der Waals surface area (Å²) in [5.74, 6) is 0. The lowest BCUT2D eigenvalue weighted by molar-refractivity contribution is 0.581. The molecule has 0 radical (unpaired) electrons. The number of anilines is 1. The van der Waals surface area contributed by atoms with E-state index in [2.05, 4.69) is 53.5 Å². The number of fused-ring (bicyclic) bond motifs is 1. The molecule has 1 aliphatic rings. The van der Waals surface area contributed by atoms with Crippen molar-refractivity contribution in [2.75, 3.05) is 11.4 Å². The Labute approximate surface area is 131 Å². The van der Waals surface area contributed by atoms with Crippen molar-refractivity contribution in [3.8, 4) is 0 Å². The van der Waals surface area contributed by atoms with Gasteiger partial charge in [-0.25, -0.2) is 0 Å². The zero-order valence-corrected chi connectivity index (χ0v) is 13.8. The van der Waals surface area contributed by atoms with Gasteiger partial charge >= 0.3 is 0 Å². The summed E-state index contributed by atoms with van der Waals surface area (Å²) in [5, 5.41) is 5.74. The quantitative estimate of drug-likeness (QED) is 0.932. The van der Waals surface area contributed by atoms with E-state index in [1.165, 1.54) is 16.8 Å². The van der Waals surface area contributed by atoms with E-state index < -0.39 is 0 Å². The van der Waals surface area contributed by atoms with Gasteiger partial charge in [0.05, 0.1) is 17.9 Å². The highest BCUT2D eigenvalue weighted by Gasteiger charge is 2.26. The molecule has 112 valence electrons. The van der Waals surface area contributed by atoms with Crippen molar-refractivity contribution in [3.63, 3.8) is 0 Å². The third-order valence-corrected chi connectivity index (χ3v) is 5.17. The minimum Gasteiger partial charge on any atom is -0.363 e. The monoisotopic (exact) mass is 301 g/mol. The fraction of sp³-hybridized carbons (Fsp3) is 0.471. The SMILES string of the molecule is CC(C)NCc1ccncc1N1CCc2sccc2C1C. The summed E-state index contributed by atoms with van der Waals surface area (Å²) in [6, 6.07) is 5.34. The summed E-state index contributed by atoms with van der Waals surface area (Å²) in [5.41, 5.74) is 4.09. The first-order valence-electron chi connectivity index (χ1n) is 7.66. The summed E-state index contributed by atoms with van der Waals surface area (Å²) in [6.45, 7) is 8.64. The van der Waals surface area contributed by atoms with Crippen molar-refractivity contribution in [2.24, 2.45) is 0 Å². The molecule has 1 unspecified atom stereocenters. The van der Waals surface area contributed by atoms with Crippen molar-refractivity contribution in [3.05, 3.63) is 45.9 Å². The van der Waals surface area contributed by atoms with E-state index in [1.807, 2.05) is 23.7 Å². The highest BCUT2D eigenvalue weighted by Crippen LogP contribution is 2.36. The van der Waals surface area contributed by atoms with Crippen molar-refractivity contribution < 1.29 is 0 Å². The van der Waals surface area contributed by atoms with Gasteiger partial charge in [0.2, 0.25) is 0 Å². The zero-order valence-electron chi connectivity index (χ0n) is 13.0. The lowest BCUT2D eigenvalue weighted by Crippen LogP contribution is -2.34. The summed E-state index contributed by atoms with van der Waals surface area (Å²) >= 11 is 1.89. The number of thiophene rings is 1. The van der Waals surface area contributed by atoms with Crippen LogP contribution in [0.5, 0.6) is 0 Å². The molecule has 2 aromatic rings. The Balaban J connectivity index is 1.87. The Kier molecular flexibility index (Phi) is 4.27. The Morgan fingerprint density at radius 2 is 2.29 bits per heavy atom. The maximum atomic E-state index is 4.36. The van der Waals surface area contributed by atoms with Crippen molar-refractivity contribution >= 4 is 17.0 Å². The predicted octanol–water partition coefficient (Wildman–Crippen LogP) is 3.76. The molecule has 3 nitrogen and oxygen atoms in total. The van der Waals surface area contributed by atoms with Gasteiger partial charge in [-0.2, -0.15) is 0 Å². The first-order valence-corrected chi connectivity index (χ1v) is 8.54. The molecule has 0 fully saturated rings. The van der Waals surface area contributed by atoms with E-state index in [-0.39, 0.29) is 0 Å². The minimum atomic E-state index is 0.432. The number of rotatable bonds is 4. The average Bonchev–Trinajstić information content (AvgIpc) is 2.95. The topological polar surface area (TPSA) is 28.2 Å². The molecule has 0 bridgehead atoms. The molecule has 2 aromatic heterocycles. The van der Waals surface area contributed by atoms with Gasteiger partial charge in [0.25, 0.3) is 0 Å². The number of nitrogens with one attached hydrogen (secondary N) is 1. The first kappa shape index (κ1) is 14.5. The Morgan fingerprint density at radius 1 is 1.43 bits per heavy atom. The van der Waals surface area contributed by atoms with E-state index in [9.17, 15) is 0 Å². The molecule has 3 heterocycles. The summed E-state index contributed by atoms with van der Waals surface area (Å²) in [4.78, 5) is 8.40. The molecule has 0 aliphatic carbocycles. The van der Waals surface area contributed by atoms with Crippen LogP contribution in [-0.4, -0.2) is 17.6 Å². The summed E-state index contributed by atoms with van der Waals surface area (Å²) in [6.07, 6.45) is 5.06. The normalized spacial score (nSPS) is 18.1. The molecule has 1 N–H and O–H groups in total. The molecule has 21 heavy (non-hydrogen) atoms. The van der Waals surface area contributed by atoms with E-state index in [0.717, 1.165) is 19.5 Å². The fourth-order valence-corrected chi connectivity index (χ4v) is 3.94. The highest BCUT2D eigenvalue weighted by atomic mass is 32.1. The number of aromatic nitrogens is 1. The van der Waals surface area contributed by atoms with Crippen LogP contribution in [0.25, 0.3) is 0 Å². The van der Waals surface area contributed by atoms with Crippen LogP contribution in [0.15, 0.2) is 29.9 Å². The number of hydrogen-bond donors (Lipinski definition) is 1. The van der Waals surface area contributed by atoms with Gasteiger partial charge in [-0.15, -0.1) is 11.3 Å². The smallest absolute Gasteiger partial charge is 0.0603 e. The molecular formula is C17H23N3S. The number of pyridine rings is 1. The third kappa shape index (κ3) is 2.97. The van der Waals surface area contributed by atoms with Crippen LogP contribution in [-0.2, 0) is 13.0 Å². The lowest BCUT2D eigenvalue weighted by Gasteiger charge is -2.36. The summed E-state index contributed by atoms with van der Waals surface area (Å²) < 4.78 is 0. The molecule has 0 amide bonds. The van der Waals surface area contributed by atoms with E-state index in [1.54, 1.807) is 4.88 Å². The average molecular weight is 301 g/mol.